The molecular formula is C37H49N5O5S. The van der Waals surface area contributed by atoms with Crippen LogP contribution >= 0.6 is 11.3 Å². The van der Waals surface area contributed by atoms with E-state index in [1.54, 1.807) is 23.5 Å². The molecule has 11 heteroatoms. The summed E-state index contributed by atoms with van der Waals surface area (Å²) in [4.78, 5) is 33.9. The number of nitrogens with zero attached hydrogens (tertiary/aromatic N) is 2. The number of rotatable bonds is 17. The van der Waals surface area contributed by atoms with Crippen LogP contribution < -0.4 is 16.2 Å². The van der Waals surface area contributed by atoms with Gasteiger partial charge in [0.15, 0.2) is 0 Å². The van der Waals surface area contributed by atoms with Crippen LogP contribution in [0, 0.1) is 12.8 Å². The average molecular weight is 676 g/mol. The number of pyridine rings is 1. The number of thiazole rings is 1. The molecule has 1 aliphatic rings. The molecule has 1 atom stereocenters. The minimum Gasteiger partial charge on any atom is -0.506 e. The Hall–Kier alpha value is -3.77. The van der Waals surface area contributed by atoms with Crippen molar-refractivity contribution in [1.29, 1.82) is 0 Å². The first kappa shape index (κ1) is 35.5. The summed E-state index contributed by atoms with van der Waals surface area (Å²) in [6.45, 7) is 6.94. The number of carbonyl (C=O) groups excluding carboxylic acids is 1. The van der Waals surface area contributed by atoms with Crippen molar-refractivity contribution in [2.24, 2.45) is 5.92 Å². The molecule has 0 radical (unpaired) electrons. The number of amides is 1. The minimum absolute atomic E-state index is 0.00145. The summed E-state index contributed by atoms with van der Waals surface area (Å²) in [5.41, 5.74) is 3.35. The van der Waals surface area contributed by atoms with Crippen LogP contribution in [0.25, 0.3) is 21.5 Å². The van der Waals surface area contributed by atoms with E-state index in [0.29, 0.717) is 35.5 Å². The maximum absolute atomic E-state index is 12.6. The highest BCUT2D eigenvalue weighted by Crippen LogP contribution is 2.31. The third kappa shape index (κ3) is 10.4. The van der Waals surface area contributed by atoms with E-state index in [0.717, 1.165) is 73.8 Å². The lowest BCUT2D eigenvalue weighted by Gasteiger charge is -2.31. The van der Waals surface area contributed by atoms with Crippen LogP contribution in [-0.2, 0) is 4.74 Å². The predicted molar refractivity (Wildman–Crippen MR) is 193 cm³/mol. The Labute approximate surface area is 286 Å². The van der Waals surface area contributed by atoms with Crippen molar-refractivity contribution in [3.05, 3.63) is 75.5 Å². The normalized spacial score (nSPS) is 14.7. The number of para-hydroxylation sites is 1. The zero-order valence-electron chi connectivity index (χ0n) is 27.9. The Kier molecular flexibility index (Phi) is 13.4. The van der Waals surface area contributed by atoms with Gasteiger partial charge in [0.1, 0.15) is 10.8 Å². The van der Waals surface area contributed by atoms with E-state index in [9.17, 15) is 19.8 Å². The van der Waals surface area contributed by atoms with Gasteiger partial charge in [-0.05, 0) is 94.5 Å². The first-order valence-corrected chi connectivity index (χ1v) is 18.2. The number of aliphatic hydroxyl groups excluding tert-OH is 1. The first-order chi connectivity index (χ1) is 23.4. The zero-order chi connectivity index (χ0) is 33.7. The van der Waals surface area contributed by atoms with Gasteiger partial charge < -0.3 is 30.2 Å². The van der Waals surface area contributed by atoms with E-state index in [4.69, 9.17) is 4.74 Å². The summed E-state index contributed by atoms with van der Waals surface area (Å²) < 4.78 is 5.62. The number of aryl methyl sites for hydroxylation is 1. The molecular weight excluding hydrogens is 627 g/mol. The number of likely N-dealkylation sites (tertiary alicyclic amines) is 1. The van der Waals surface area contributed by atoms with E-state index in [1.807, 2.05) is 36.6 Å². The number of benzene rings is 2. The summed E-state index contributed by atoms with van der Waals surface area (Å²) in [5, 5.41) is 30.5. The summed E-state index contributed by atoms with van der Waals surface area (Å²) in [7, 11) is 0. The van der Waals surface area contributed by atoms with Crippen LogP contribution in [0.2, 0.25) is 0 Å². The van der Waals surface area contributed by atoms with Crippen molar-refractivity contribution in [2.45, 2.75) is 70.8 Å². The lowest BCUT2D eigenvalue weighted by atomic mass is 9.97. The quantitative estimate of drug-likeness (QED) is 0.0756. The van der Waals surface area contributed by atoms with Crippen molar-refractivity contribution in [2.75, 3.05) is 44.6 Å². The second-order valence-corrected chi connectivity index (χ2v) is 13.7. The highest BCUT2D eigenvalue weighted by atomic mass is 32.1. The molecule has 1 amide bonds. The Morgan fingerprint density at radius 1 is 1.04 bits per heavy atom. The number of piperidine rings is 1. The highest BCUT2D eigenvalue weighted by Gasteiger charge is 2.21. The van der Waals surface area contributed by atoms with E-state index < -0.39 is 12.2 Å². The number of hydrogen-bond acceptors (Lipinski definition) is 9. The lowest BCUT2D eigenvalue weighted by Crippen LogP contribution is -2.36. The fraction of sp³-hybridized carbons (Fsp3) is 0.486. The molecule has 3 heterocycles. The smallest absolute Gasteiger partial charge is 0.411 e. The third-order valence-electron chi connectivity index (χ3n) is 9.10. The first-order valence-electron chi connectivity index (χ1n) is 17.3. The van der Waals surface area contributed by atoms with Crippen molar-refractivity contribution >= 4 is 34.0 Å². The molecule has 2 aromatic heterocycles. The number of aromatic hydroxyl groups is 1. The van der Waals surface area contributed by atoms with Crippen LogP contribution in [0.15, 0.2) is 58.7 Å². The van der Waals surface area contributed by atoms with Gasteiger partial charge in [-0.25, -0.2) is 9.78 Å². The van der Waals surface area contributed by atoms with Gasteiger partial charge in [-0.2, -0.15) is 0 Å². The molecule has 10 nitrogen and oxygen atoms in total. The van der Waals surface area contributed by atoms with E-state index in [-0.39, 0.29) is 11.3 Å². The maximum Gasteiger partial charge on any atom is 0.411 e. The molecule has 4 aromatic rings. The van der Waals surface area contributed by atoms with Crippen LogP contribution in [-0.4, -0.2) is 70.5 Å². The Morgan fingerprint density at radius 2 is 1.79 bits per heavy atom. The minimum atomic E-state index is -0.724. The van der Waals surface area contributed by atoms with E-state index in [2.05, 4.69) is 25.5 Å². The number of ether oxygens (including phenoxy) is 1. The van der Waals surface area contributed by atoms with E-state index in [1.165, 1.54) is 44.2 Å². The largest absolute Gasteiger partial charge is 0.506 e. The number of phenolic OH excluding ortho intramolecular Hbond substituents is 1. The summed E-state index contributed by atoms with van der Waals surface area (Å²) in [6.07, 6.45) is 9.40. The van der Waals surface area contributed by atoms with Gasteiger partial charge in [0.05, 0.1) is 23.9 Å². The third-order valence-corrected chi connectivity index (χ3v) is 10.1. The molecule has 1 fully saturated rings. The average Bonchev–Trinajstić information content (AvgIpc) is 3.53. The van der Waals surface area contributed by atoms with Gasteiger partial charge in [-0.1, -0.05) is 50.3 Å². The molecule has 0 spiro atoms. The number of aromatic amines is 1. The number of unbranched alkanes of at least 4 members (excludes halogenated alkanes) is 6. The fourth-order valence-corrected chi connectivity index (χ4v) is 7.18. The molecule has 0 saturated carbocycles. The molecule has 2 aromatic carbocycles. The van der Waals surface area contributed by atoms with Crippen LogP contribution in [0.4, 0.5) is 10.5 Å². The molecule has 0 unspecified atom stereocenters. The van der Waals surface area contributed by atoms with Crippen molar-refractivity contribution in [3.63, 3.8) is 0 Å². The Balaban J connectivity index is 0.859. The number of nitrogens with one attached hydrogen (secondary N) is 3. The van der Waals surface area contributed by atoms with Crippen molar-refractivity contribution < 1.29 is 19.7 Å². The fourth-order valence-electron chi connectivity index (χ4n) is 6.34. The number of carbonyl (C=O) groups is 1. The lowest BCUT2D eigenvalue weighted by molar-refractivity contribution is 0.104. The standard InChI is InChI=1S/C37H49N5O5S/c1-26-25-48-36(39-26)30-11-7-8-12-31(30)40-37(46)47-24-27-17-21-42(22-18-27)20-10-6-4-2-3-5-9-19-38-23-33(44)28-13-15-32(43)35-29(28)14-16-34(45)41-35/h7-8,11-16,25,27,33,38,43-44H,2-6,9-10,17-24H2,1H3,(H,40,46)(H,41,45)/t33-/m0/s1. The number of H-pyrrole nitrogens is 1. The maximum atomic E-state index is 12.6. The SMILES string of the molecule is Cc1csc(-c2ccccc2NC(=O)OCC2CCN(CCCCCCCCCNC[C@H](O)c3ccc(O)c4[nH]c(=O)ccc34)CC2)n1. The number of aliphatic hydroxyl groups is 1. The number of fused-ring (bicyclic) bond motifs is 1. The number of hydrogen-bond donors (Lipinski definition) is 5. The Morgan fingerprint density at radius 3 is 2.56 bits per heavy atom. The van der Waals surface area contributed by atoms with Gasteiger partial charge in [-0.3, -0.25) is 10.1 Å². The second kappa shape index (κ2) is 18.1. The molecule has 5 rings (SSSR count). The molecule has 258 valence electrons. The molecule has 0 bridgehead atoms. The molecule has 0 aliphatic carbocycles. The zero-order valence-corrected chi connectivity index (χ0v) is 28.7. The molecule has 1 saturated heterocycles. The second-order valence-electron chi connectivity index (χ2n) is 12.8. The van der Waals surface area contributed by atoms with Gasteiger partial charge in [0, 0.05) is 34.6 Å². The van der Waals surface area contributed by atoms with Crippen molar-refractivity contribution in [3.8, 4) is 16.3 Å². The summed E-state index contributed by atoms with van der Waals surface area (Å²) in [5.74, 6) is 0.402. The van der Waals surface area contributed by atoms with Gasteiger partial charge in [0.25, 0.3) is 0 Å². The van der Waals surface area contributed by atoms with Crippen molar-refractivity contribution in [1.82, 2.24) is 20.2 Å². The number of phenols is 1. The van der Waals surface area contributed by atoms with Crippen LogP contribution in [0.1, 0.15) is 75.1 Å². The molecule has 48 heavy (non-hydrogen) atoms. The number of aromatic nitrogens is 2. The predicted octanol–water partition coefficient (Wildman–Crippen LogP) is 6.98. The number of anilines is 1. The van der Waals surface area contributed by atoms with E-state index >= 15 is 0 Å². The summed E-state index contributed by atoms with van der Waals surface area (Å²) in [6, 6.07) is 14.0. The summed E-state index contributed by atoms with van der Waals surface area (Å²) >= 11 is 1.57. The van der Waals surface area contributed by atoms with Gasteiger partial charge in [-0.15, -0.1) is 11.3 Å². The van der Waals surface area contributed by atoms with Gasteiger partial charge >= 0.3 is 6.09 Å². The molecule has 1 aliphatic heterocycles. The topological polar surface area (TPSA) is 140 Å². The van der Waals surface area contributed by atoms with Gasteiger partial charge in [0.2, 0.25) is 5.56 Å². The molecule has 5 N–H and O–H groups in total. The van der Waals surface area contributed by atoms with Crippen LogP contribution in [0.5, 0.6) is 5.75 Å². The monoisotopic (exact) mass is 675 g/mol. The highest BCUT2D eigenvalue weighted by molar-refractivity contribution is 7.13. The Bertz CT molecular complexity index is 1670. The van der Waals surface area contributed by atoms with Crippen LogP contribution in [0.3, 0.4) is 0 Å².